The van der Waals surface area contributed by atoms with Gasteiger partial charge in [-0.3, -0.25) is 9.80 Å². The van der Waals surface area contributed by atoms with Crippen molar-refractivity contribution < 1.29 is 19.1 Å². The van der Waals surface area contributed by atoms with Crippen molar-refractivity contribution in [3.63, 3.8) is 0 Å². The number of aromatic nitrogens is 4. The number of rotatable bonds is 3. The van der Waals surface area contributed by atoms with E-state index < -0.39 is 11.2 Å². The fourth-order valence-corrected chi connectivity index (χ4v) is 5.95. The van der Waals surface area contributed by atoms with Crippen molar-refractivity contribution in [3.8, 4) is 34.3 Å². The van der Waals surface area contributed by atoms with Gasteiger partial charge in [0.1, 0.15) is 28.5 Å². The molecule has 0 spiro atoms. The molecule has 0 aromatic carbocycles. The highest BCUT2D eigenvalue weighted by molar-refractivity contribution is 7.16. The van der Waals surface area contributed by atoms with Gasteiger partial charge >= 0.3 is 12.2 Å². The molecule has 0 bridgehead atoms. The fraction of sp³-hybridized carbons (Fsp3) is 0.500. The summed E-state index contributed by atoms with van der Waals surface area (Å²) >= 11 is 1.54. The number of hydrogen-bond acceptors (Lipinski definition) is 7. The molecule has 43 heavy (non-hydrogen) atoms. The smallest absolute Gasteiger partial charge is 0.410 e. The van der Waals surface area contributed by atoms with Gasteiger partial charge in [0.15, 0.2) is 0 Å². The van der Waals surface area contributed by atoms with Crippen molar-refractivity contribution in [2.45, 2.75) is 90.5 Å². The Morgan fingerprint density at radius 3 is 2.00 bits per heavy atom. The molecule has 2 aliphatic rings. The first-order valence-electron chi connectivity index (χ1n) is 14.6. The summed E-state index contributed by atoms with van der Waals surface area (Å²) in [6, 6.07) is 3.67. The van der Waals surface area contributed by atoms with Crippen LogP contribution in [0.25, 0.3) is 10.6 Å². The summed E-state index contributed by atoms with van der Waals surface area (Å²) in [5.74, 6) is 13.4. The fourth-order valence-electron chi connectivity index (χ4n) is 5.12. The van der Waals surface area contributed by atoms with Gasteiger partial charge in [-0.2, -0.15) is 0 Å². The molecule has 2 atom stereocenters. The highest BCUT2D eigenvalue weighted by Crippen LogP contribution is 2.34. The number of aromatic amines is 2. The lowest BCUT2D eigenvalue weighted by atomic mass is 10.2. The normalized spacial score (nSPS) is 18.6. The second-order valence-electron chi connectivity index (χ2n) is 12.7. The van der Waals surface area contributed by atoms with Crippen molar-refractivity contribution in [1.29, 1.82) is 0 Å². The molecule has 2 saturated heterocycles. The molecule has 0 radical (unpaired) electrons. The second kappa shape index (κ2) is 12.2. The molecule has 5 rings (SSSR count). The molecule has 3 aromatic rings. The van der Waals surface area contributed by atoms with E-state index in [9.17, 15) is 9.59 Å². The highest BCUT2D eigenvalue weighted by atomic mass is 32.1. The number of ether oxygens (including phenoxy) is 2. The van der Waals surface area contributed by atoms with E-state index in [4.69, 9.17) is 9.47 Å². The summed E-state index contributed by atoms with van der Waals surface area (Å²) in [5, 5.41) is 0. The predicted octanol–water partition coefficient (Wildman–Crippen LogP) is 6.41. The standard InChI is InChI=1S/C32H38N6O4S/c1-31(2,3)41-29(39)37-17-9-13-24(37)27-33-19-21(35-27)11-7-8-12-22-15-16-26(43-22)23-20-34-28(36-23)25-14-10-18-38(25)30(40)42-32(4,5)6/h15-16,19-20,24-25H,9-10,13-14,17-18H2,1-6H3,(H,33,35)(H,34,36)/t24-,25-/m0/s1. The number of carbonyl (C=O) groups excluding carboxylic acids is 2. The number of carbonyl (C=O) groups is 2. The van der Waals surface area contributed by atoms with Crippen molar-refractivity contribution in [2.75, 3.05) is 13.1 Å². The van der Waals surface area contributed by atoms with Crippen LogP contribution >= 0.6 is 11.3 Å². The first-order chi connectivity index (χ1) is 20.4. The molecular weight excluding hydrogens is 564 g/mol. The maximum Gasteiger partial charge on any atom is 0.410 e. The number of thiophene rings is 1. The van der Waals surface area contributed by atoms with Crippen molar-refractivity contribution in [2.24, 2.45) is 0 Å². The minimum atomic E-state index is -0.548. The molecule has 0 unspecified atom stereocenters. The first kappa shape index (κ1) is 30.2. The molecule has 226 valence electrons. The summed E-state index contributed by atoms with van der Waals surface area (Å²) in [4.78, 5) is 46.4. The summed E-state index contributed by atoms with van der Waals surface area (Å²) in [5.41, 5.74) is 0.435. The van der Waals surface area contributed by atoms with Crippen LogP contribution < -0.4 is 0 Å². The zero-order valence-electron chi connectivity index (χ0n) is 25.5. The van der Waals surface area contributed by atoms with Crippen LogP contribution in [0.3, 0.4) is 0 Å². The van der Waals surface area contributed by atoms with E-state index in [0.717, 1.165) is 47.0 Å². The van der Waals surface area contributed by atoms with E-state index >= 15 is 0 Å². The molecule has 0 aliphatic carbocycles. The van der Waals surface area contributed by atoms with Gasteiger partial charge in [0.05, 0.1) is 39.9 Å². The molecule has 5 heterocycles. The maximum atomic E-state index is 12.7. The second-order valence-corrected chi connectivity index (χ2v) is 13.8. The van der Waals surface area contributed by atoms with E-state index in [1.807, 2.05) is 53.7 Å². The van der Waals surface area contributed by atoms with Gasteiger partial charge in [0.2, 0.25) is 0 Å². The summed E-state index contributed by atoms with van der Waals surface area (Å²) < 4.78 is 11.2. The molecule has 2 aliphatic heterocycles. The van der Waals surface area contributed by atoms with E-state index in [1.165, 1.54) is 0 Å². The minimum absolute atomic E-state index is 0.129. The summed E-state index contributed by atoms with van der Waals surface area (Å²) in [7, 11) is 0. The maximum absolute atomic E-state index is 12.7. The van der Waals surface area contributed by atoms with E-state index in [-0.39, 0.29) is 24.3 Å². The lowest BCUT2D eigenvalue weighted by Crippen LogP contribution is -2.36. The van der Waals surface area contributed by atoms with E-state index in [0.29, 0.717) is 24.6 Å². The Balaban J connectivity index is 1.20. The van der Waals surface area contributed by atoms with Crippen LogP contribution in [-0.2, 0) is 9.47 Å². The van der Waals surface area contributed by atoms with Gasteiger partial charge < -0.3 is 19.4 Å². The number of nitrogens with one attached hydrogen (secondary N) is 2. The average Bonchev–Trinajstić information content (AvgIpc) is 3.74. The van der Waals surface area contributed by atoms with Gasteiger partial charge in [-0.25, -0.2) is 19.6 Å². The molecule has 11 heteroatoms. The van der Waals surface area contributed by atoms with Crippen molar-refractivity contribution >= 4 is 23.5 Å². The lowest BCUT2D eigenvalue weighted by Gasteiger charge is -2.27. The molecule has 2 fully saturated rings. The topological polar surface area (TPSA) is 116 Å². The predicted molar refractivity (Wildman–Crippen MR) is 164 cm³/mol. The van der Waals surface area contributed by atoms with Crippen LogP contribution in [0, 0.1) is 23.7 Å². The quantitative estimate of drug-likeness (QED) is 0.335. The van der Waals surface area contributed by atoms with Gasteiger partial charge in [-0.1, -0.05) is 0 Å². The third-order valence-electron chi connectivity index (χ3n) is 6.90. The van der Waals surface area contributed by atoms with Gasteiger partial charge in [-0.15, -0.1) is 11.3 Å². The van der Waals surface area contributed by atoms with Gasteiger partial charge in [0.25, 0.3) is 0 Å². The number of nitrogens with zero attached hydrogens (tertiary/aromatic N) is 4. The molecule has 2 amide bonds. The Morgan fingerprint density at radius 1 is 0.837 bits per heavy atom. The minimum Gasteiger partial charge on any atom is -0.444 e. The Labute approximate surface area is 256 Å². The van der Waals surface area contributed by atoms with Crippen LogP contribution in [0.1, 0.15) is 102 Å². The number of imidazole rings is 2. The number of H-pyrrole nitrogens is 2. The third kappa shape index (κ3) is 7.60. The number of likely N-dealkylation sites (tertiary alicyclic amines) is 2. The largest absolute Gasteiger partial charge is 0.444 e. The molecule has 0 saturated carbocycles. The van der Waals surface area contributed by atoms with Crippen LogP contribution in [0.15, 0.2) is 24.5 Å². The van der Waals surface area contributed by atoms with Crippen LogP contribution in [0.5, 0.6) is 0 Å². The Morgan fingerprint density at radius 2 is 1.40 bits per heavy atom. The monoisotopic (exact) mass is 602 g/mol. The van der Waals surface area contributed by atoms with Crippen LogP contribution in [0.4, 0.5) is 9.59 Å². The number of hydrogen-bond donors (Lipinski definition) is 2. The summed E-state index contributed by atoms with van der Waals surface area (Å²) in [6.07, 6.45) is 6.29. The lowest BCUT2D eigenvalue weighted by molar-refractivity contribution is 0.0208. The Kier molecular flexibility index (Phi) is 8.57. The summed E-state index contributed by atoms with van der Waals surface area (Å²) in [6.45, 7) is 12.5. The third-order valence-corrected chi connectivity index (χ3v) is 7.93. The molecule has 10 nitrogen and oxygen atoms in total. The van der Waals surface area contributed by atoms with Crippen molar-refractivity contribution in [1.82, 2.24) is 29.7 Å². The zero-order chi connectivity index (χ0) is 30.8. The van der Waals surface area contributed by atoms with Gasteiger partial charge in [-0.05, 0) is 103 Å². The van der Waals surface area contributed by atoms with E-state index in [2.05, 4.69) is 43.6 Å². The highest BCUT2D eigenvalue weighted by Gasteiger charge is 2.36. The van der Waals surface area contributed by atoms with Crippen molar-refractivity contribution in [3.05, 3.63) is 46.7 Å². The molecular formula is C32H38N6O4S. The number of amides is 2. The molecule has 3 aromatic heterocycles. The SMILES string of the molecule is CC(C)(C)OC(=O)N1CCC[C@H]1c1ncc(C#CC#Cc2ccc(-c3cnc([C@@H]4CCCN4C(=O)OC(C)(C)C)[nH]3)s2)[nH]1. The van der Waals surface area contributed by atoms with E-state index in [1.54, 1.807) is 33.5 Å². The van der Waals surface area contributed by atoms with Crippen LogP contribution in [-0.4, -0.2) is 66.2 Å². The molecule has 2 N–H and O–H groups in total. The Bertz CT molecular complexity index is 1600. The van der Waals surface area contributed by atoms with Crippen LogP contribution in [0.2, 0.25) is 0 Å². The Hall–Kier alpha value is -4.22. The first-order valence-corrected chi connectivity index (χ1v) is 15.4. The average molecular weight is 603 g/mol. The van der Waals surface area contributed by atoms with Gasteiger partial charge in [0, 0.05) is 13.1 Å². The zero-order valence-corrected chi connectivity index (χ0v) is 26.4.